The topological polar surface area (TPSA) is 92.6 Å². The van der Waals surface area contributed by atoms with Crippen molar-refractivity contribution in [3.8, 4) is 5.75 Å². The van der Waals surface area contributed by atoms with Crippen molar-refractivity contribution in [1.82, 2.24) is 10.3 Å². The number of ether oxygens (including phenoxy) is 1. The lowest BCUT2D eigenvalue weighted by Crippen LogP contribution is -2.44. The fourth-order valence-electron chi connectivity index (χ4n) is 4.14. The van der Waals surface area contributed by atoms with Crippen LogP contribution in [0.25, 0.3) is 10.2 Å². The van der Waals surface area contributed by atoms with Gasteiger partial charge in [0.05, 0.1) is 32.9 Å². The number of benzene rings is 1. The lowest BCUT2D eigenvalue weighted by Gasteiger charge is -2.23. The number of dihydropyridines is 1. The summed E-state index contributed by atoms with van der Waals surface area (Å²) in [6.45, 7) is 0. The van der Waals surface area contributed by atoms with Crippen molar-refractivity contribution in [2.75, 3.05) is 19.5 Å². The van der Waals surface area contributed by atoms with Crippen molar-refractivity contribution < 1.29 is 32.5 Å². The van der Waals surface area contributed by atoms with Gasteiger partial charge in [-0.3, -0.25) is 4.79 Å². The zero-order valence-electron chi connectivity index (χ0n) is 18.5. The van der Waals surface area contributed by atoms with Gasteiger partial charge in [-0.25, -0.2) is 9.82 Å². The number of anilines is 1. The molecule has 34 heavy (non-hydrogen) atoms. The molecule has 0 bridgehead atoms. The smallest absolute Gasteiger partial charge is 0.412 e. The normalized spacial score (nSPS) is 22.6. The Hall–Kier alpha value is -3.15. The van der Waals surface area contributed by atoms with E-state index in [0.717, 1.165) is 28.6 Å². The number of alkyl halides is 3. The number of fused-ring (bicyclic) bond motifs is 1. The molecule has 1 aliphatic heterocycles. The average molecular weight is 498 g/mol. The number of hydrogen-bond acceptors (Lipinski definition) is 7. The minimum atomic E-state index is -4.51. The van der Waals surface area contributed by atoms with E-state index in [1.165, 1.54) is 37.7 Å². The van der Waals surface area contributed by atoms with Gasteiger partial charge in [-0.2, -0.15) is 13.2 Å². The van der Waals surface area contributed by atoms with Crippen LogP contribution in [0.5, 0.6) is 5.75 Å². The monoisotopic (exact) mass is 497 g/mol. The zero-order valence-corrected chi connectivity index (χ0v) is 19.3. The van der Waals surface area contributed by atoms with Gasteiger partial charge < -0.3 is 15.4 Å². The predicted octanol–water partition coefficient (Wildman–Crippen LogP) is 4.58. The van der Waals surface area contributed by atoms with Gasteiger partial charge >= 0.3 is 6.18 Å². The molecule has 2 heterocycles. The number of thiazole rings is 1. The summed E-state index contributed by atoms with van der Waals surface area (Å²) in [5.74, 6) is -0.145. The number of nitrogens with one attached hydrogen (secondary N) is 2. The Kier molecular flexibility index (Phi) is 6.78. The number of nitrogens with zero attached hydrogens (tertiary/aromatic N) is 2. The summed E-state index contributed by atoms with van der Waals surface area (Å²) in [4.78, 5) is 34.5. The third-order valence-electron chi connectivity index (χ3n) is 5.97. The molecular weight excluding hydrogens is 473 g/mol. The molecule has 1 unspecified atom stereocenters. The van der Waals surface area contributed by atoms with Crippen LogP contribution in [-0.4, -0.2) is 48.3 Å². The molecule has 1 atom stereocenters. The Balaban J connectivity index is 1.51. The van der Waals surface area contributed by atoms with E-state index in [2.05, 4.69) is 10.6 Å². The molecule has 12 heteroatoms. The maximum Gasteiger partial charge on any atom is 0.412 e. The first-order valence-electron chi connectivity index (χ1n) is 10.7. The minimum Gasteiger partial charge on any atom is -0.494 e. The Morgan fingerprint density at radius 3 is 2.62 bits per heavy atom. The molecule has 0 radical (unpaired) electrons. The van der Waals surface area contributed by atoms with Gasteiger partial charge in [0.15, 0.2) is 7.11 Å². The predicted molar refractivity (Wildman–Crippen MR) is 121 cm³/mol. The van der Waals surface area contributed by atoms with Crippen LogP contribution >= 0.6 is 11.3 Å². The van der Waals surface area contributed by atoms with E-state index in [1.54, 1.807) is 12.1 Å². The third-order valence-corrected chi connectivity index (χ3v) is 7.15. The highest BCUT2D eigenvalue weighted by Crippen LogP contribution is 2.40. The second-order valence-electron chi connectivity index (χ2n) is 8.13. The summed E-state index contributed by atoms with van der Waals surface area (Å²) in [6.07, 6.45) is 1.95. The molecule has 1 fully saturated rings. The molecule has 8 nitrogen and oxygen atoms in total. The molecule has 2 N–H and O–H groups in total. The van der Waals surface area contributed by atoms with E-state index in [9.17, 15) is 22.9 Å². The highest BCUT2D eigenvalue weighted by molar-refractivity contribution is 7.18. The van der Waals surface area contributed by atoms with E-state index in [0.29, 0.717) is 34.7 Å². The number of hydrogen-bond donors (Lipinski definition) is 2. The number of amides is 1. The van der Waals surface area contributed by atoms with E-state index in [-0.39, 0.29) is 17.7 Å². The number of aromatic nitrogens is 1. The third kappa shape index (κ3) is 5.01. The maximum atomic E-state index is 13.0. The quantitative estimate of drug-likeness (QED) is 0.568. The van der Waals surface area contributed by atoms with Gasteiger partial charge in [0.1, 0.15) is 17.5 Å². The van der Waals surface area contributed by atoms with Crippen LogP contribution < -0.4 is 15.4 Å². The number of carbonyl (C=O) groups excluding carboxylic acids is 1. The number of carbonyl (C=O) groups is 1. The van der Waals surface area contributed by atoms with E-state index in [4.69, 9.17) is 14.6 Å². The van der Waals surface area contributed by atoms with Crippen LogP contribution in [0.1, 0.15) is 36.6 Å². The van der Waals surface area contributed by atoms with Crippen molar-refractivity contribution in [3.05, 3.63) is 46.0 Å². The Morgan fingerprint density at radius 2 is 1.97 bits per heavy atom. The van der Waals surface area contributed by atoms with E-state index in [1.807, 2.05) is 0 Å². The number of methoxy groups -OCH3 is 1. The summed E-state index contributed by atoms with van der Waals surface area (Å²) < 4.78 is 45.2. The van der Waals surface area contributed by atoms with Gasteiger partial charge in [-0.15, -0.1) is 11.3 Å². The number of rotatable bonds is 6. The van der Waals surface area contributed by atoms with Crippen molar-refractivity contribution in [3.63, 3.8) is 0 Å². The minimum absolute atomic E-state index is 0.160. The molecule has 4 rings (SSSR count). The largest absolute Gasteiger partial charge is 0.494 e. The number of allylic oxidation sites excluding steroid dienone is 2. The Labute approximate surface area is 197 Å². The summed E-state index contributed by atoms with van der Waals surface area (Å²) >= 11 is 1.49. The molecule has 2 aliphatic rings. The molecule has 1 aromatic heterocycles. The van der Waals surface area contributed by atoms with Crippen LogP contribution in [0.15, 0.2) is 36.1 Å². The summed E-state index contributed by atoms with van der Waals surface area (Å²) in [7, 11) is 2.80. The second-order valence-corrected chi connectivity index (χ2v) is 9.19. The Morgan fingerprint density at radius 1 is 1.24 bits per heavy atom. The summed E-state index contributed by atoms with van der Waals surface area (Å²) in [5.41, 5.74) is 0.841. The molecule has 0 saturated heterocycles. The van der Waals surface area contributed by atoms with Crippen molar-refractivity contribution in [2.45, 2.75) is 49.9 Å². The van der Waals surface area contributed by atoms with Crippen LogP contribution in [0.4, 0.5) is 18.9 Å². The van der Waals surface area contributed by atoms with Crippen LogP contribution in [-0.2, 0) is 9.63 Å². The highest BCUT2D eigenvalue weighted by atomic mass is 32.1. The standard InChI is InChI=1S/C22H23F3N4O4S/c1-32-17-10-16-18(34-21(28-16)12-6-8-13(9-7-12)29(31)33-2)11-15(17)27-20(30)14-4-3-5-19(26-14)22(23,24)25/h3-5,10-13,19,26H,6-9H2,1-2H3/p+1. The molecule has 1 saturated carbocycles. The molecule has 0 spiro atoms. The molecule has 1 aromatic carbocycles. The van der Waals surface area contributed by atoms with E-state index >= 15 is 0 Å². The molecule has 1 aliphatic carbocycles. The van der Waals surface area contributed by atoms with Crippen LogP contribution in [0, 0.1) is 4.91 Å². The van der Waals surface area contributed by atoms with E-state index < -0.39 is 18.1 Å². The van der Waals surface area contributed by atoms with Crippen LogP contribution in [0.3, 0.4) is 0 Å². The van der Waals surface area contributed by atoms with Crippen molar-refractivity contribution >= 4 is 33.1 Å². The fraction of sp³-hybridized carbons (Fsp3) is 0.455. The summed E-state index contributed by atoms with van der Waals surface area (Å²) in [5, 5.41) is 5.77. The average Bonchev–Trinajstić information content (AvgIpc) is 3.25. The second kappa shape index (κ2) is 9.61. The van der Waals surface area contributed by atoms with Crippen molar-refractivity contribution in [1.29, 1.82) is 0 Å². The fourth-order valence-corrected chi connectivity index (χ4v) is 5.30. The lowest BCUT2D eigenvalue weighted by atomic mass is 9.87. The summed E-state index contributed by atoms with van der Waals surface area (Å²) in [6, 6.07) is 1.32. The first kappa shape index (κ1) is 24.0. The number of halogens is 3. The van der Waals surface area contributed by atoms with Gasteiger partial charge in [0.25, 0.3) is 11.9 Å². The van der Waals surface area contributed by atoms with Gasteiger partial charge in [-0.05, 0) is 25.0 Å². The van der Waals surface area contributed by atoms with Crippen LogP contribution in [0.2, 0.25) is 0 Å². The SMILES string of the molecule is COc1cc2nc(C3CCC([N+](=O)OC)CC3)sc2cc1NC(=O)C1=CC=CC(C(F)(F)F)N1. The zero-order chi connectivity index (χ0) is 24.5. The highest BCUT2D eigenvalue weighted by Gasteiger charge is 2.40. The Bertz CT molecular complexity index is 1150. The first-order valence-corrected chi connectivity index (χ1v) is 11.5. The molecular formula is C22H24F3N4O4S+. The van der Waals surface area contributed by atoms with Crippen molar-refractivity contribution in [2.24, 2.45) is 0 Å². The lowest BCUT2D eigenvalue weighted by molar-refractivity contribution is -0.821. The van der Waals surface area contributed by atoms with Gasteiger partial charge in [0, 0.05) is 24.8 Å². The maximum absolute atomic E-state index is 13.0. The molecule has 2 aromatic rings. The van der Waals surface area contributed by atoms with Gasteiger partial charge in [-0.1, -0.05) is 12.2 Å². The molecule has 182 valence electrons. The molecule has 1 amide bonds. The van der Waals surface area contributed by atoms with Gasteiger partial charge in [0.2, 0.25) is 4.92 Å². The first-order chi connectivity index (χ1) is 16.2.